The predicted octanol–water partition coefficient (Wildman–Crippen LogP) is -0.473. The first-order valence-electron chi connectivity index (χ1n) is 14.1. The van der Waals surface area contributed by atoms with Gasteiger partial charge < -0.3 is 41.2 Å². The Labute approximate surface area is 255 Å². The molecular weight excluding hydrogens is 568 g/mol. The number of aliphatic carboxylic acids is 1. The molecular formula is C30H35B2N3O9. The van der Waals surface area contributed by atoms with Crippen molar-refractivity contribution < 1.29 is 44.4 Å². The molecule has 0 radical (unpaired) electrons. The lowest BCUT2D eigenvalue weighted by atomic mass is 9.80. The van der Waals surface area contributed by atoms with E-state index >= 15 is 0 Å². The highest BCUT2D eigenvalue weighted by Crippen LogP contribution is 2.13. The molecule has 44 heavy (non-hydrogen) atoms. The first-order chi connectivity index (χ1) is 20.9. The molecule has 0 aliphatic carbocycles. The number of hydrogen-bond acceptors (Lipinski definition) is 8. The largest absolute Gasteiger partial charge is 0.488 e. The smallest absolute Gasteiger partial charge is 0.481 e. The Morgan fingerprint density at radius 1 is 0.636 bits per heavy atom. The SMILES string of the molecule is C[C@@H](CCCCNC(=O)c1cc(CNC(=O)c2ccc(B(O)O)cc2)cc(CNC(=O)c2ccc(B(O)O)cc2)c1)C(=O)O. The molecule has 0 aliphatic rings. The van der Waals surface area contributed by atoms with Gasteiger partial charge in [-0.15, -0.1) is 0 Å². The molecule has 8 N–H and O–H groups in total. The monoisotopic (exact) mass is 603 g/mol. The third kappa shape index (κ3) is 10.3. The Kier molecular flexibility index (Phi) is 12.7. The number of carboxylic acid groups (broad SMARTS) is 1. The van der Waals surface area contributed by atoms with Crippen molar-refractivity contribution in [3.05, 3.63) is 94.5 Å². The highest BCUT2D eigenvalue weighted by Gasteiger charge is 2.15. The van der Waals surface area contributed by atoms with Crippen molar-refractivity contribution in [3.8, 4) is 0 Å². The van der Waals surface area contributed by atoms with E-state index in [2.05, 4.69) is 16.0 Å². The standard InChI is InChI=1S/C30H35B2N3O9/c1-19(30(39)40)4-2-3-13-33-29(38)24-15-20(17-34-27(36)22-5-9-25(10-6-22)31(41)42)14-21(16-24)18-35-28(37)23-7-11-26(12-8-23)32(43)44/h5-12,14-16,19,41-44H,2-4,13,17-18H2,1H3,(H,33,38)(H,34,36)(H,35,37)(H,39,40)/t19-/m0/s1. The van der Waals surface area contributed by atoms with Crippen molar-refractivity contribution in [1.82, 2.24) is 16.0 Å². The van der Waals surface area contributed by atoms with Crippen LogP contribution in [0.25, 0.3) is 0 Å². The van der Waals surface area contributed by atoms with Crippen LogP contribution in [0.1, 0.15) is 68.4 Å². The summed E-state index contributed by atoms with van der Waals surface area (Å²) in [5, 5.41) is 54.4. The van der Waals surface area contributed by atoms with Crippen LogP contribution in [-0.2, 0) is 17.9 Å². The van der Waals surface area contributed by atoms with Crippen LogP contribution >= 0.6 is 0 Å². The van der Waals surface area contributed by atoms with E-state index in [-0.39, 0.29) is 29.9 Å². The number of hydrogen-bond donors (Lipinski definition) is 8. The van der Waals surface area contributed by atoms with Gasteiger partial charge in [0.25, 0.3) is 17.7 Å². The first kappa shape index (κ1) is 34.0. The molecule has 230 valence electrons. The summed E-state index contributed by atoms with van der Waals surface area (Å²) >= 11 is 0. The van der Waals surface area contributed by atoms with Gasteiger partial charge >= 0.3 is 20.2 Å². The number of rotatable bonds is 15. The van der Waals surface area contributed by atoms with E-state index in [9.17, 15) is 39.3 Å². The molecule has 0 saturated heterocycles. The third-order valence-corrected chi connectivity index (χ3v) is 6.93. The normalized spacial score (nSPS) is 11.3. The molecule has 0 bridgehead atoms. The second-order valence-electron chi connectivity index (χ2n) is 10.4. The Hall–Kier alpha value is -4.49. The van der Waals surface area contributed by atoms with Crippen LogP contribution in [0.3, 0.4) is 0 Å². The van der Waals surface area contributed by atoms with Gasteiger partial charge in [0.1, 0.15) is 0 Å². The summed E-state index contributed by atoms with van der Waals surface area (Å²) in [5.74, 6) is -2.52. The number of carbonyl (C=O) groups excluding carboxylic acids is 3. The third-order valence-electron chi connectivity index (χ3n) is 6.93. The van der Waals surface area contributed by atoms with E-state index in [1.165, 1.54) is 48.5 Å². The Morgan fingerprint density at radius 2 is 1.07 bits per heavy atom. The van der Waals surface area contributed by atoms with Gasteiger partial charge in [-0.05, 0) is 71.3 Å². The lowest BCUT2D eigenvalue weighted by Gasteiger charge is -2.13. The molecule has 0 fully saturated rings. The van der Waals surface area contributed by atoms with Gasteiger partial charge in [0.15, 0.2) is 0 Å². The molecule has 3 aromatic rings. The molecule has 0 heterocycles. The van der Waals surface area contributed by atoms with Crippen molar-refractivity contribution in [2.75, 3.05) is 6.54 Å². The summed E-state index contributed by atoms with van der Waals surface area (Å²) in [6.45, 7) is 2.09. The van der Waals surface area contributed by atoms with Gasteiger partial charge in [-0.2, -0.15) is 0 Å². The van der Waals surface area contributed by atoms with Gasteiger partial charge in [-0.3, -0.25) is 19.2 Å². The molecule has 1 atom stereocenters. The molecule has 3 aromatic carbocycles. The summed E-state index contributed by atoms with van der Waals surface area (Å²) < 4.78 is 0. The second kappa shape index (κ2) is 16.4. The van der Waals surface area contributed by atoms with Gasteiger partial charge in [-0.25, -0.2) is 0 Å². The molecule has 14 heteroatoms. The van der Waals surface area contributed by atoms with Crippen molar-refractivity contribution >= 4 is 48.9 Å². The van der Waals surface area contributed by atoms with Crippen LogP contribution in [0.2, 0.25) is 0 Å². The van der Waals surface area contributed by atoms with Crippen LogP contribution in [0, 0.1) is 5.92 Å². The number of nitrogens with one attached hydrogen (secondary N) is 3. The minimum Gasteiger partial charge on any atom is -0.481 e. The zero-order valence-electron chi connectivity index (χ0n) is 24.2. The van der Waals surface area contributed by atoms with Gasteiger partial charge in [0.05, 0.1) is 5.92 Å². The number of benzene rings is 3. The van der Waals surface area contributed by atoms with E-state index in [0.717, 1.165) is 0 Å². The maximum Gasteiger partial charge on any atom is 0.488 e. The molecule has 0 unspecified atom stereocenters. The van der Waals surface area contributed by atoms with Crippen molar-refractivity contribution in [3.63, 3.8) is 0 Å². The maximum absolute atomic E-state index is 13.0. The fraction of sp³-hybridized carbons (Fsp3) is 0.267. The predicted molar refractivity (Wildman–Crippen MR) is 164 cm³/mol. The number of carbonyl (C=O) groups is 4. The topological polar surface area (TPSA) is 206 Å². The van der Waals surface area contributed by atoms with Crippen molar-refractivity contribution in [2.45, 2.75) is 39.3 Å². The van der Waals surface area contributed by atoms with Gasteiger partial charge in [0, 0.05) is 36.3 Å². The highest BCUT2D eigenvalue weighted by atomic mass is 16.4. The summed E-state index contributed by atoms with van der Waals surface area (Å²) in [5.41, 5.74) is 2.57. The molecule has 0 spiro atoms. The molecule has 0 aliphatic heterocycles. The Balaban J connectivity index is 1.69. The molecule has 0 aromatic heterocycles. The lowest BCUT2D eigenvalue weighted by Crippen LogP contribution is -2.30. The van der Waals surface area contributed by atoms with Crippen LogP contribution in [0.4, 0.5) is 0 Å². The van der Waals surface area contributed by atoms with Crippen molar-refractivity contribution in [1.29, 1.82) is 0 Å². The Morgan fingerprint density at radius 3 is 1.48 bits per heavy atom. The zero-order valence-corrected chi connectivity index (χ0v) is 24.2. The molecule has 3 rings (SSSR count). The lowest BCUT2D eigenvalue weighted by molar-refractivity contribution is -0.141. The molecule has 12 nitrogen and oxygen atoms in total. The summed E-state index contributed by atoms with van der Waals surface area (Å²) in [6.07, 6.45) is 1.73. The quantitative estimate of drug-likeness (QED) is 0.0834. The minimum atomic E-state index is -1.65. The Bertz CT molecular complexity index is 1360. The zero-order chi connectivity index (χ0) is 32.2. The van der Waals surface area contributed by atoms with Crippen LogP contribution < -0.4 is 26.9 Å². The van der Waals surface area contributed by atoms with Crippen molar-refractivity contribution in [2.24, 2.45) is 5.92 Å². The van der Waals surface area contributed by atoms with Crippen LogP contribution in [0.5, 0.6) is 0 Å². The highest BCUT2D eigenvalue weighted by molar-refractivity contribution is 6.59. The minimum absolute atomic E-state index is 0.0588. The fourth-order valence-electron chi connectivity index (χ4n) is 4.28. The van der Waals surface area contributed by atoms with E-state index < -0.39 is 37.9 Å². The average Bonchev–Trinajstić information content (AvgIpc) is 3.01. The van der Waals surface area contributed by atoms with E-state index in [0.29, 0.717) is 53.6 Å². The van der Waals surface area contributed by atoms with Gasteiger partial charge in [0.2, 0.25) is 0 Å². The van der Waals surface area contributed by atoms with E-state index in [1.54, 1.807) is 25.1 Å². The summed E-state index contributed by atoms with van der Waals surface area (Å²) in [7, 11) is -3.30. The first-order valence-corrected chi connectivity index (χ1v) is 14.1. The number of carboxylic acids is 1. The maximum atomic E-state index is 13.0. The number of amides is 3. The van der Waals surface area contributed by atoms with E-state index in [1.807, 2.05) is 0 Å². The fourth-order valence-corrected chi connectivity index (χ4v) is 4.28. The average molecular weight is 603 g/mol. The van der Waals surface area contributed by atoms with Crippen LogP contribution in [0.15, 0.2) is 66.7 Å². The summed E-state index contributed by atoms with van der Waals surface area (Å²) in [6, 6.07) is 16.5. The molecule has 0 saturated carbocycles. The second-order valence-corrected chi connectivity index (χ2v) is 10.4. The summed E-state index contributed by atoms with van der Waals surface area (Å²) in [4.78, 5) is 49.4. The van der Waals surface area contributed by atoms with Crippen LogP contribution in [-0.4, -0.2) is 69.7 Å². The van der Waals surface area contributed by atoms with Gasteiger partial charge in [-0.1, -0.05) is 43.7 Å². The van der Waals surface area contributed by atoms with E-state index in [4.69, 9.17) is 5.11 Å². The number of unbranched alkanes of at least 4 members (excludes halogenated alkanes) is 1. The molecule has 3 amide bonds.